The van der Waals surface area contributed by atoms with Crippen LogP contribution >= 0.6 is 46.4 Å². The Morgan fingerprint density at radius 3 is 1.63 bits per heavy atom. The van der Waals surface area contributed by atoms with E-state index in [4.69, 9.17) is 46.4 Å². The first-order valence-electron chi connectivity index (χ1n) is 15.9. The van der Waals surface area contributed by atoms with Gasteiger partial charge in [0, 0.05) is 11.1 Å². The molecule has 16 heteroatoms. The van der Waals surface area contributed by atoms with E-state index < -0.39 is 11.6 Å². The second kappa shape index (κ2) is 14.0. The lowest BCUT2D eigenvalue weighted by atomic mass is 10.0. The third kappa shape index (κ3) is 6.20. The number of rotatable bonds is 9. The number of phenols is 2. The van der Waals surface area contributed by atoms with Gasteiger partial charge in [-0.25, -0.2) is 9.36 Å². The molecule has 0 atom stereocenters. The summed E-state index contributed by atoms with van der Waals surface area (Å²) in [6.45, 7) is 0. The lowest BCUT2D eigenvalue weighted by Gasteiger charge is -2.13. The second-order valence-corrected chi connectivity index (χ2v) is 13.4. The summed E-state index contributed by atoms with van der Waals surface area (Å²) >= 11 is 26.2. The van der Waals surface area contributed by atoms with Crippen LogP contribution in [0, 0.1) is 0 Å². The molecule has 0 aliphatic heterocycles. The maximum atomic E-state index is 14.1. The Labute approximate surface area is 325 Å². The quantitative estimate of drug-likeness (QED) is 0.122. The van der Waals surface area contributed by atoms with E-state index in [0.717, 1.165) is 15.9 Å². The van der Waals surface area contributed by atoms with Crippen molar-refractivity contribution < 1.29 is 19.8 Å². The number of nitrogens with one attached hydrogen (secondary N) is 1. The van der Waals surface area contributed by atoms with Gasteiger partial charge in [-0.05, 0) is 54.6 Å². The van der Waals surface area contributed by atoms with E-state index in [1.54, 1.807) is 33.9 Å². The number of H-pyrrole nitrogens is 1. The van der Waals surface area contributed by atoms with Crippen molar-refractivity contribution in [3.63, 3.8) is 0 Å². The van der Waals surface area contributed by atoms with Gasteiger partial charge in [0.05, 0.1) is 51.3 Å². The van der Waals surface area contributed by atoms with Gasteiger partial charge in [-0.3, -0.25) is 14.2 Å². The highest BCUT2D eigenvalue weighted by atomic mass is 35.5. The molecule has 0 spiro atoms. The van der Waals surface area contributed by atoms with E-state index >= 15 is 0 Å². The number of carbonyl (C=O) groups excluding carboxylic acids is 2. The first-order valence-corrected chi connectivity index (χ1v) is 17.5. The van der Waals surface area contributed by atoms with Crippen molar-refractivity contribution in [2.24, 2.45) is 0 Å². The Balaban J connectivity index is 1.12. The molecule has 12 nitrogen and oxygen atoms in total. The molecule has 54 heavy (non-hydrogen) atoms. The number of carbonyl (C=O) groups is 2. The molecule has 266 valence electrons. The minimum Gasteiger partial charge on any atom is -0.507 e. The van der Waals surface area contributed by atoms with Gasteiger partial charge in [0.1, 0.15) is 43.9 Å². The topological polar surface area (TPSA) is 157 Å². The van der Waals surface area contributed by atoms with Crippen molar-refractivity contribution in [2.75, 3.05) is 0 Å². The predicted molar refractivity (Wildman–Crippen MR) is 204 cm³/mol. The van der Waals surface area contributed by atoms with Gasteiger partial charge in [-0.2, -0.15) is 0 Å². The summed E-state index contributed by atoms with van der Waals surface area (Å²) in [6.07, 6.45) is 3.38. The second-order valence-electron chi connectivity index (χ2n) is 11.9. The van der Waals surface area contributed by atoms with Crippen LogP contribution in [0.3, 0.4) is 0 Å². The van der Waals surface area contributed by atoms with Crippen molar-refractivity contribution >= 4 is 58.0 Å². The Morgan fingerprint density at radius 2 is 1.13 bits per heavy atom. The van der Waals surface area contributed by atoms with Crippen LogP contribution in [0.25, 0.3) is 39.6 Å². The number of nitrogens with zero attached hydrogens (tertiary/aromatic N) is 7. The van der Waals surface area contributed by atoms with Crippen LogP contribution in [0.4, 0.5) is 0 Å². The summed E-state index contributed by atoms with van der Waals surface area (Å²) in [4.78, 5) is 30.9. The number of benzene rings is 4. The predicted octanol–water partition coefficient (Wildman–Crippen LogP) is 8.79. The molecule has 0 bridgehead atoms. The van der Waals surface area contributed by atoms with Gasteiger partial charge in [0.2, 0.25) is 11.6 Å². The summed E-state index contributed by atoms with van der Waals surface area (Å²) in [5.74, 6) is -2.18. The fourth-order valence-electron chi connectivity index (χ4n) is 5.90. The number of aromatic nitrogens is 8. The van der Waals surface area contributed by atoms with Crippen LogP contribution in [0.1, 0.15) is 32.1 Å². The van der Waals surface area contributed by atoms with Crippen molar-refractivity contribution in [1.29, 1.82) is 0 Å². The summed E-state index contributed by atoms with van der Waals surface area (Å²) in [6, 6.07) is 28.8. The number of phenolic OH excluding ortho intramolecular Hbond substituents is 2. The van der Waals surface area contributed by atoms with Crippen molar-refractivity contribution in [1.82, 2.24) is 39.5 Å². The largest absolute Gasteiger partial charge is 0.507 e. The highest BCUT2D eigenvalue weighted by molar-refractivity contribution is 6.45. The zero-order valence-corrected chi connectivity index (χ0v) is 30.3. The molecule has 8 aromatic rings. The summed E-state index contributed by atoms with van der Waals surface area (Å²) in [5, 5.41) is 38.4. The lowest BCUT2D eigenvalue weighted by Crippen LogP contribution is -2.13. The molecule has 0 amide bonds. The maximum absolute atomic E-state index is 14.1. The van der Waals surface area contributed by atoms with Crippen LogP contribution in [-0.4, -0.2) is 61.3 Å². The van der Waals surface area contributed by atoms with E-state index in [-0.39, 0.29) is 60.1 Å². The molecule has 0 fully saturated rings. The minimum absolute atomic E-state index is 0.0452. The fraction of sp³-hybridized carbons (Fsp3) is 0. The molecular weight excluding hydrogens is 774 g/mol. The molecule has 0 aliphatic rings. The van der Waals surface area contributed by atoms with Gasteiger partial charge in [0.25, 0.3) is 0 Å². The van der Waals surface area contributed by atoms with Crippen molar-refractivity contribution in [2.45, 2.75) is 0 Å². The van der Waals surface area contributed by atoms with Crippen LogP contribution in [0.2, 0.25) is 20.4 Å². The Morgan fingerprint density at radius 1 is 0.630 bits per heavy atom. The third-order valence-corrected chi connectivity index (χ3v) is 10.1. The maximum Gasteiger partial charge on any atom is 0.215 e. The Kier molecular flexibility index (Phi) is 9.04. The zero-order chi connectivity index (χ0) is 37.7. The number of aromatic amines is 1. The molecule has 0 aliphatic carbocycles. The number of hydrogen-bond donors (Lipinski definition) is 3. The molecule has 0 saturated carbocycles. The molecule has 4 aromatic heterocycles. The molecule has 3 N–H and O–H groups in total. The molecule has 0 radical (unpaired) electrons. The number of halogens is 4. The molecule has 0 saturated heterocycles. The Bertz CT molecular complexity index is 2550. The zero-order valence-electron chi connectivity index (χ0n) is 27.3. The van der Waals surface area contributed by atoms with Crippen molar-refractivity contribution in [3.8, 4) is 51.1 Å². The standard InChI is InChI=1S/C38H22Cl4N8O4/c39-26-17-29(35(53)24-13-11-20(15-30(24)51)27-18-48(46-44-27)22-7-3-1-4-8-22)50(38(26)42)34-32(40)37(41)43-33(34)36(54)25-14-12-21(16-31(25)52)28-19-49(47-45-28)23-9-5-2-6-10-23/h1-19,43,51-52H. The summed E-state index contributed by atoms with van der Waals surface area (Å²) in [7, 11) is 0. The highest BCUT2D eigenvalue weighted by Crippen LogP contribution is 2.41. The molecular formula is C38H22Cl4N8O4. The van der Waals surface area contributed by atoms with Crippen LogP contribution in [0.5, 0.6) is 11.5 Å². The monoisotopic (exact) mass is 794 g/mol. The molecule has 0 unspecified atom stereocenters. The minimum atomic E-state index is -0.731. The fourth-order valence-corrected chi connectivity index (χ4v) is 6.73. The number of aromatic hydroxyl groups is 2. The van der Waals surface area contributed by atoms with E-state index in [0.29, 0.717) is 22.5 Å². The smallest absolute Gasteiger partial charge is 0.215 e. The number of para-hydroxylation sites is 2. The first kappa shape index (κ1) is 34.9. The van der Waals surface area contributed by atoms with Crippen LogP contribution in [0.15, 0.2) is 116 Å². The van der Waals surface area contributed by atoms with Crippen LogP contribution < -0.4 is 0 Å². The van der Waals surface area contributed by atoms with E-state index in [2.05, 4.69) is 25.6 Å². The van der Waals surface area contributed by atoms with Gasteiger partial charge in [0.15, 0.2) is 0 Å². The van der Waals surface area contributed by atoms with E-state index in [1.165, 1.54) is 30.3 Å². The summed E-state index contributed by atoms with van der Waals surface area (Å²) in [5.41, 5.74) is 2.80. The molecule has 4 aromatic carbocycles. The summed E-state index contributed by atoms with van der Waals surface area (Å²) < 4.78 is 4.33. The number of hydrogen-bond acceptors (Lipinski definition) is 8. The molecule has 4 heterocycles. The molecule has 8 rings (SSSR count). The average molecular weight is 796 g/mol. The number of ketones is 2. The lowest BCUT2D eigenvalue weighted by molar-refractivity contribution is 0.101. The van der Waals surface area contributed by atoms with Gasteiger partial charge in [-0.1, -0.05) is 105 Å². The normalized spacial score (nSPS) is 11.3. The van der Waals surface area contributed by atoms with Gasteiger partial charge in [-0.15, -0.1) is 10.2 Å². The van der Waals surface area contributed by atoms with E-state index in [9.17, 15) is 19.8 Å². The van der Waals surface area contributed by atoms with Crippen molar-refractivity contribution in [3.05, 3.63) is 158 Å². The third-order valence-electron chi connectivity index (χ3n) is 8.56. The van der Waals surface area contributed by atoms with E-state index in [1.807, 2.05) is 60.7 Å². The Hall–Kier alpha value is -6.18. The average Bonchev–Trinajstić information content (AvgIpc) is 3.99. The van der Waals surface area contributed by atoms with Crippen LogP contribution in [-0.2, 0) is 0 Å². The SMILES string of the molecule is O=C(c1ccc(-c2cn(-c3ccccc3)nn2)cc1O)c1[nH]c(Cl)c(Cl)c1-n1c(C(=O)c2ccc(-c3cn(-c4ccccc4)nn3)cc2O)cc(Cl)c1Cl. The highest BCUT2D eigenvalue weighted by Gasteiger charge is 2.31. The van der Waals surface area contributed by atoms with Gasteiger partial charge < -0.3 is 15.2 Å². The first-order chi connectivity index (χ1) is 26.1. The van der Waals surface area contributed by atoms with Gasteiger partial charge >= 0.3 is 0 Å².